The van der Waals surface area contributed by atoms with Gasteiger partial charge in [-0.1, -0.05) is 18.2 Å². The number of carbonyl (C=O) groups is 1. The van der Waals surface area contributed by atoms with E-state index in [9.17, 15) is 4.79 Å². The first-order chi connectivity index (χ1) is 12.3. The topological polar surface area (TPSA) is 86.5 Å². The number of nitrogens with one attached hydrogen (secondary N) is 1. The number of rotatable bonds is 7. The van der Waals surface area contributed by atoms with Gasteiger partial charge in [0.2, 0.25) is 12.3 Å². The lowest BCUT2D eigenvalue weighted by Crippen LogP contribution is -2.28. The van der Waals surface area contributed by atoms with Gasteiger partial charge in [-0.15, -0.1) is 10.2 Å². The molecule has 0 aliphatic heterocycles. The molecule has 25 heavy (non-hydrogen) atoms. The van der Waals surface area contributed by atoms with Crippen molar-refractivity contribution in [2.24, 2.45) is 0 Å². The van der Waals surface area contributed by atoms with Crippen molar-refractivity contribution >= 4 is 5.91 Å². The van der Waals surface area contributed by atoms with Gasteiger partial charge in [0.05, 0.1) is 7.11 Å². The second kappa shape index (κ2) is 7.96. The van der Waals surface area contributed by atoms with E-state index >= 15 is 0 Å². The summed E-state index contributed by atoms with van der Waals surface area (Å²) in [5, 5.41) is 10.3. The predicted octanol–water partition coefficient (Wildman–Crippen LogP) is 2.44. The zero-order valence-electron chi connectivity index (χ0n) is 13.6. The maximum atomic E-state index is 11.9. The van der Waals surface area contributed by atoms with Crippen LogP contribution in [0.25, 0.3) is 11.5 Å². The van der Waals surface area contributed by atoms with Gasteiger partial charge < -0.3 is 19.2 Å². The van der Waals surface area contributed by atoms with Gasteiger partial charge in [0.15, 0.2) is 6.61 Å². The summed E-state index contributed by atoms with van der Waals surface area (Å²) in [6.45, 7) is 0.303. The minimum atomic E-state index is -0.216. The van der Waals surface area contributed by atoms with Crippen LogP contribution in [0.3, 0.4) is 0 Å². The van der Waals surface area contributed by atoms with Crippen molar-refractivity contribution in [2.45, 2.75) is 6.54 Å². The van der Waals surface area contributed by atoms with Gasteiger partial charge in [0.25, 0.3) is 5.91 Å². The minimum Gasteiger partial charge on any atom is -0.496 e. The lowest BCUT2D eigenvalue weighted by Gasteiger charge is -2.10. The van der Waals surface area contributed by atoms with Gasteiger partial charge in [-0.05, 0) is 30.3 Å². The predicted molar refractivity (Wildman–Crippen MR) is 90.1 cm³/mol. The highest BCUT2D eigenvalue weighted by Gasteiger charge is 2.07. The number of benzene rings is 2. The van der Waals surface area contributed by atoms with Crippen LogP contribution in [0.2, 0.25) is 0 Å². The number of nitrogens with zero attached hydrogens (tertiary/aromatic N) is 2. The molecule has 2 aromatic carbocycles. The van der Waals surface area contributed by atoms with Crippen molar-refractivity contribution in [3.63, 3.8) is 0 Å². The van der Waals surface area contributed by atoms with Crippen molar-refractivity contribution < 1.29 is 18.7 Å². The molecule has 0 saturated carbocycles. The van der Waals surface area contributed by atoms with E-state index in [1.807, 2.05) is 24.3 Å². The Morgan fingerprint density at radius 2 is 1.96 bits per heavy atom. The fourth-order valence-electron chi connectivity index (χ4n) is 2.24. The molecule has 1 aromatic heterocycles. The fraction of sp³-hybridized carbons (Fsp3) is 0.167. The Morgan fingerprint density at radius 3 is 2.68 bits per heavy atom. The van der Waals surface area contributed by atoms with E-state index in [-0.39, 0.29) is 12.5 Å². The molecule has 7 nitrogen and oxygen atoms in total. The molecule has 0 bridgehead atoms. The van der Waals surface area contributed by atoms with Gasteiger partial charge in [-0.25, -0.2) is 0 Å². The third kappa shape index (κ3) is 4.35. The van der Waals surface area contributed by atoms with Crippen LogP contribution in [0.5, 0.6) is 11.5 Å². The number of carbonyl (C=O) groups excluding carboxylic acids is 1. The summed E-state index contributed by atoms with van der Waals surface area (Å²) in [7, 11) is 1.60. The average molecular weight is 339 g/mol. The minimum absolute atomic E-state index is 0.0744. The van der Waals surface area contributed by atoms with Crippen molar-refractivity contribution in [2.75, 3.05) is 13.7 Å². The molecule has 0 fully saturated rings. The lowest BCUT2D eigenvalue weighted by atomic mass is 10.2. The van der Waals surface area contributed by atoms with E-state index in [1.54, 1.807) is 31.4 Å². The Bertz CT molecular complexity index is 817. The molecule has 0 aliphatic rings. The van der Waals surface area contributed by atoms with Crippen LogP contribution in [0, 0.1) is 0 Å². The summed E-state index contributed by atoms with van der Waals surface area (Å²) in [6.07, 6.45) is 1.27. The summed E-state index contributed by atoms with van der Waals surface area (Å²) >= 11 is 0. The number of ether oxygens (including phenoxy) is 2. The largest absolute Gasteiger partial charge is 0.496 e. The molecule has 1 heterocycles. The smallest absolute Gasteiger partial charge is 0.258 e. The molecule has 1 amide bonds. The molecule has 0 saturated heterocycles. The quantitative estimate of drug-likeness (QED) is 0.711. The monoisotopic (exact) mass is 339 g/mol. The van der Waals surface area contributed by atoms with E-state index in [0.29, 0.717) is 18.2 Å². The van der Waals surface area contributed by atoms with Crippen LogP contribution in [0.4, 0.5) is 0 Å². The van der Waals surface area contributed by atoms with Gasteiger partial charge in [0, 0.05) is 17.7 Å². The number of para-hydroxylation sites is 1. The van der Waals surface area contributed by atoms with Crippen LogP contribution in [0.1, 0.15) is 5.56 Å². The Labute approximate surface area is 144 Å². The highest BCUT2D eigenvalue weighted by Crippen LogP contribution is 2.20. The van der Waals surface area contributed by atoms with Crippen molar-refractivity contribution in [1.29, 1.82) is 0 Å². The molecule has 0 radical (unpaired) electrons. The number of hydrogen-bond donors (Lipinski definition) is 1. The number of amides is 1. The van der Waals surface area contributed by atoms with Crippen molar-refractivity contribution in [3.05, 3.63) is 60.5 Å². The van der Waals surface area contributed by atoms with Crippen LogP contribution in [0.15, 0.2) is 59.3 Å². The molecule has 128 valence electrons. The maximum absolute atomic E-state index is 11.9. The third-order valence-corrected chi connectivity index (χ3v) is 3.50. The molecule has 0 unspecified atom stereocenters. The van der Waals surface area contributed by atoms with E-state index in [1.165, 1.54) is 6.39 Å². The van der Waals surface area contributed by atoms with Crippen LogP contribution in [-0.2, 0) is 11.3 Å². The molecule has 1 N–H and O–H groups in total. The number of aromatic nitrogens is 2. The summed E-state index contributed by atoms with van der Waals surface area (Å²) in [4.78, 5) is 11.9. The SMILES string of the molecule is COc1ccccc1CNC(=O)COc1ccc(-c2nnco2)cc1. The number of methoxy groups -OCH3 is 1. The maximum Gasteiger partial charge on any atom is 0.258 e. The van der Waals surface area contributed by atoms with E-state index in [2.05, 4.69) is 15.5 Å². The second-order valence-electron chi connectivity index (χ2n) is 5.15. The Balaban J connectivity index is 1.49. The number of hydrogen-bond acceptors (Lipinski definition) is 6. The summed E-state index contributed by atoms with van der Waals surface area (Å²) in [5.74, 6) is 1.53. The Morgan fingerprint density at radius 1 is 1.16 bits per heavy atom. The van der Waals surface area contributed by atoms with Crippen LogP contribution >= 0.6 is 0 Å². The normalized spacial score (nSPS) is 10.3. The zero-order valence-corrected chi connectivity index (χ0v) is 13.6. The standard InChI is InChI=1S/C18H17N3O4/c1-23-16-5-3-2-4-14(16)10-19-17(22)11-24-15-8-6-13(7-9-15)18-21-20-12-25-18/h2-9,12H,10-11H2,1H3,(H,19,22). The highest BCUT2D eigenvalue weighted by molar-refractivity contribution is 5.77. The van der Waals surface area contributed by atoms with Gasteiger partial charge in [-0.2, -0.15) is 0 Å². The van der Waals surface area contributed by atoms with Gasteiger partial charge in [-0.3, -0.25) is 4.79 Å². The first-order valence-electron chi connectivity index (χ1n) is 7.64. The molecule has 3 aromatic rings. The van der Waals surface area contributed by atoms with Gasteiger partial charge in [0.1, 0.15) is 11.5 Å². The van der Waals surface area contributed by atoms with Crippen LogP contribution in [-0.4, -0.2) is 29.8 Å². The van der Waals surface area contributed by atoms with E-state index in [4.69, 9.17) is 13.9 Å². The van der Waals surface area contributed by atoms with Crippen LogP contribution < -0.4 is 14.8 Å². The Hall–Kier alpha value is -3.35. The molecule has 0 atom stereocenters. The fourth-order valence-corrected chi connectivity index (χ4v) is 2.24. The summed E-state index contributed by atoms with van der Waals surface area (Å²) < 4.78 is 15.8. The summed E-state index contributed by atoms with van der Waals surface area (Å²) in [5.41, 5.74) is 1.69. The molecular formula is C18H17N3O4. The molecular weight excluding hydrogens is 322 g/mol. The summed E-state index contributed by atoms with van der Waals surface area (Å²) in [6, 6.07) is 14.6. The van der Waals surface area contributed by atoms with E-state index < -0.39 is 0 Å². The average Bonchev–Trinajstić information content (AvgIpc) is 3.20. The molecule has 0 spiro atoms. The Kier molecular flexibility index (Phi) is 5.26. The highest BCUT2D eigenvalue weighted by atomic mass is 16.5. The van der Waals surface area contributed by atoms with E-state index in [0.717, 1.165) is 16.9 Å². The first kappa shape index (κ1) is 16.5. The molecule has 0 aliphatic carbocycles. The van der Waals surface area contributed by atoms with Crippen molar-refractivity contribution in [1.82, 2.24) is 15.5 Å². The lowest BCUT2D eigenvalue weighted by molar-refractivity contribution is -0.123. The molecule has 3 rings (SSSR count). The second-order valence-corrected chi connectivity index (χ2v) is 5.15. The first-order valence-corrected chi connectivity index (χ1v) is 7.64. The molecule has 7 heteroatoms. The van der Waals surface area contributed by atoms with Crippen molar-refractivity contribution in [3.8, 4) is 23.0 Å². The third-order valence-electron chi connectivity index (χ3n) is 3.50. The van der Waals surface area contributed by atoms with Gasteiger partial charge >= 0.3 is 0 Å². The zero-order chi connectivity index (χ0) is 17.5.